The lowest BCUT2D eigenvalue weighted by atomic mass is 10.1. The topological polar surface area (TPSA) is 99.1 Å². The van der Waals surface area contributed by atoms with E-state index >= 15 is 0 Å². The summed E-state index contributed by atoms with van der Waals surface area (Å²) in [6.07, 6.45) is 1.39. The summed E-state index contributed by atoms with van der Waals surface area (Å²) in [5, 5.41) is 14.1. The zero-order valence-electron chi connectivity index (χ0n) is 14.4. The van der Waals surface area contributed by atoms with Gasteiger partial charge in [0, 0.05) is 25.2 Å². The molecule has 3 rings (SSSR count). The molecule has 0 atom stereocenters. The van der Waals surface area contributed by atoms with Crippen molar-refractivity contribution in [2.45, 2.75) is 17.7 Å². The third-order valence-electron chi connectivity index (χ3n) is 4.24. The molecule has 2 aromatic rings. The summed E-state index contributed by atoms with van der Waals surface area (Å²) < 4.78 is 25.2. The second kappa shape index (κ2) is 6.89. The Labute approximate surface area is 152 Å². The molecule has 0 radical (unpaired) electrons. The van der Waals surface area contributed by atoms with E-state index in [0.29, 0.717) is 23.3 Å². The highest BCUT2D eigenvalue weighted by atomic mass is 32.2. The van der Waals surface area contributed by atoms with Crippen LogP contribution in [0.1, 0.15) is 27.9 Å². The van der Waals surface area contributed by atoms with E-state index in [1.807, 2.05) is 6.07 Å². The van der Waals surface area contributed by atoms with Crippen LogP contribution in [0.5, 0.6) is 5.75 Å². The number of hydrogen-bond acceptors (Lipinski definition) is 5. The van der Waals surface area contributed by atoms with Gasteiger partial charge in [0.05, 0.1) is 10.6 Å². The summed E-state index contributed by atoms with van der Waals surface area (Å²) in [5.74, 6) is -0.304. The predicted octanol–water partition coefficient (Wildman–Crippen LogP) is 1.72. The number of nitrogens with one attached hydrogen (secondary N) is 1. The first-order valence-corrected chi connectivity index (χ1v) is 9.45. The van der Waals surface area contributed by atoms with Gasteiger partial charge in [0.15, 0.2) is 0 Å². The number of sulfonamides is 1. The molecule has 2 aromatic carbocycles. The number of carbonyl (C=O) groups is 1. The van der Waals surface area contributed by atoms with Crippen LogP contribution in [-0.4, -0.2) is 43.5 Å². The number of hydrogen-bond donors (Lipinski definition) is 2. The summed E-state index contributed by atoms with van der Waals surface area (Å²) in [4.78, 5) is 12.4. The van der Waals surface area contributed by atoms with E-state index in [2.05, 4.69) is 10.5 Å². The van der Waals surface area contributed by atoms with Crippen LogP contribution in [0.3, 0.4) is 0 Å². The molecule has 0 bridgehead atoms. The molecule has 0 aliphatic heterocycles. The molecule has 0 fully saturated rings. The molecule has 1 aliphatic rings. The van der Waals surface area contributed by atoms with E-state index in [9.17, 15) is 18.3 Å². The number of aryl methyl sites for hydroxylation is 1. The van der Waals surface area contributed by atoms with E-state index in [1.165, 1.54) is 38.4 Å². The molecule has 2 N–H and O–H groups in total. The lowest BCUT2D eigenvalue weighted by Gasteiger charge is -2.11. The normalized spacial score (nSPS) is 15.3. The Morgan fingerprint density at radius 3 is 2.46 bits per heavy atom. The van der Waals surface area contributed by atoms with Crippen LogP contribution in [0.15, 0.2) is 52.5 Å². The van der Waals surface area contributed by atoms with E-state index < -0.39 is 15.9 Å². The van der Waals surface area contributed by atoms with Gasteiger partial charge in [-0.3, -0.25) is 4.79 Å². The lowest BCUT2D eigenvalue weighted by molar-refractivity contribution is 0.0954. The molecule has 0 spiro atoms. The molecule has 136 valence electrons. The molecule has 7 nitrogen and oxygen atoms in total. The molecule has 1 amide bonds. The monoisotopic (exact) mass is 373 g/mol. The summed E-state index contributed by atoms with van der Waals surface area (Å²) in [5.41, 5.74) is 5.05. The summed E-state index contributed by atoms with van der Waals surface area (Å²) in [6, 6.07) is 10.9. The van der Waals surface area contributed by atoms with Gasteiger partial charge in [0.25, 0.3) is 5.91 Å². The van der Waals surface area contributed by atoms with Crippen molar-refractivity contribution in [3.8, 4) is 5.75 Å². The van der Waals surface area contributed by atoms with Crippen LogP contribution >= 0.6 is 0 Å². The summed E-state index contributed by atoms with van der Waals surface area (Å²) >= 11 is 0. The fourth-order valence-corrected chi connectivity index (χ4v) is 3.69. The molecular weight excluding hydrogens is 354 g/mol. The summed E-state index contributed by atoms with van der Waals surface area (Å²) in [7, 11) is -0.646. The van der Waals surface area contributed by atoms with Gasteiger partial charge >= 0.3 is 0 Å². The Kier molecular flexibility index (Phi) is 4.80. The van der Waals surface area contributed by atoms with Crippen molar-refractivity contribution in [2.24, 2.45) is 5.10 Å². The Hall–Kier alpha value is -2.71. The van der Waals surface area contributed by atoms with E-state index in [1.54, 1.807) is 12.1 Å². The van der Waals surface area contributed by atoms with Crippen LogP contribution < -0.4 is 5.43 Å². The second-order valence-electron chi connectivity index (χ2n) is 6.12. The van der Waals surface area contributed by atoms with Gasteiger partial charge in [0.1, 0.15) is 5.75 Å². The smallest absolute Gasteiger partial charge is 0.271 e. The highest BCUT2D eigenvalue weighted by Crippen LogP contribution is 2.29. The first-order chi connectivity index (χ1) is 12.3. The molecule has 1 aliphatic carbocycles. The van der Waals surface area contributed by atoms with Gasteiger partial charge in [-0.1, -0.05) is 12.1 Å². The third kappa shape index (κ3) is 3.33. The SMILES string of the molecule is CN(C)S(=O)(=O)c1ccc(C(=O)N/N=C2\CCc3cccc(O)c32)cc1. The average Bonchev–Trinajstić information content (AvgIpc) is 3.04. The standard InChI is InChI=1S/C18H19N3O4S/c1-21(2)26(24,25)14-9-6-13(7-10-14)18(23)20-19-15-11-8-12-4-3-5-16(22)17(12)15/h3-7,9-10,22H,8,11H2,1-2H3,(H,20,23)/b19-15+. The van der Waals surface area contributed by atoms with Crippen LogP contribution in [0.4, 0.5) is 0 Å². The molecule has 8 heteroatoms. The first kappa shape index (κ1) is 18.1. The van der Waals surface area contributed by atoms with Gasteiger partial charge in [-0.05, 0) is 48.7 Å². The molecule has 0 aromatic heterocycles. The highest BCUT2D eigenvalue weighted by Gasteiger charge is 2.22. The Bertz CT molecular complexity index is 980. The molecule has 0 unspecified atom stereocenters. The largest absolute Gasteiger partial charge is 0.507 e. The number of rotatable bonds is 4. The van der Waals surface area contributed by atoms with Crippen LogP contribution in [-0.2, 0) is 16.4 Å². The Balaban J connectivity index is 1.76. The predicted molar refractivity (Wildman–Crippen MR) is 97.7 cm³/mol. The van der Waals surface area contributed by atoms with Crippen molar-refractivity contribution in [2.75, 3.05) is 14.1 Å². The van der Waals surface area contributed by atoms with Gasteiger partial charge in [-0.25, -0.2) is 18.1 Å². The van der Waals surface area contributed by atoms with Crippen molar-refractivity contribution in [3.05, 3.63) is 59.2 Å². The van der Waals surface area contributed by atoms with Crippen molar-refractivity contribution in [1.82, 2.24) is 9.73 Å². The third-order valence-corrected chi connectivity index (χ3v) is 6.07. The van der Waals surface area contributed by atoms with E-state index in [0.717, 1.165) is 16.3 Å². The van der Waals surface area contributed by atoms with Gasteiger partial charge in [-0.15, -0.1) is 0 Å². The minimum Gasteiger partial charge on any atom is -0.507 e. The highest BCUT2D eigenvalue weighted by molar-refractivity contribution is 7.89. The number of phenols is 1. The number of amides is 1. The molecule has 0 saturated heterocycles. The van der Waals surface area contributed by atoms with Crippen LogP contribution in [0.25, 0.3) is 0 Å². The van der Waals surface area contributed by atoms with Crippen LogP contribution in [0, 0.1) is 0 Å². The summed E-state index contributed by atoms with van der Waals surface area (Å²) in [6.45, 7) is 0. The van der Waals surface area contributed by atoms with Crippen molar-refractivity contribution < 1.29 is 18.3 Å². The maximum atomic E-state index is 12.3. The van der Waals surface area contributed by atoms with Gasteiger partial charge in [0.2, 0.25) is 10.0 Å². The molecule has 0 heterocycles. The number of aromatic hydroxyl groups is 1. The number of benzene rings is 2. The Morgan fingerprint density at radius 1 is 1.12 bits per heavy atom. The van der Waals surface area contributed by atoms with Gasteiger partial charge in [-0.2, -0.15) is 5.10 Å². The fraction of sp³-hybridized carbons (Fsp3) is 0.222. The van der Waals surface area contributed by atoms with Crippen molar-refractivity contribution in [3.63, 3.8) is 0 Å². The Morgan fingerprint density at radius 2 is 1.81 bits per heavy atom. The maximum Gasteiger partial charge on any atom is 0.271 e. The lowest BCUT2D eigenvalue weighted by Crippen LogP contribution is -2.23. The molecule has 26 heavy (non-hydrogen) atoms. The van der Waals surface area contributed by atoms with E-state index in [4.69, 9.17) is 0 Å². The number of nitrogens with zero attached hydrogens (tertiary/aromatic N) is 2. The van der Waals surface area contributed by atoms with Crippen molar-refractivity contribution >= 4 is 21.6 Å². The zero-order valence-corrected chi connectivity index (χ0v) is 15.2. The minimum atomic E-state index is -3.54. The number of phenolic OH excluding ortho intramolecular Hbond substituents is 1. The number of hydrazone groups is 1. The fourth-order valence-electron chi connectivity index (χ4n) is 2.79. The average molecular weight is 373 g/mol. The minimum absolute atomic E-state index is 0.111. The van der Waals surface area contributed by atoms with E-state index in [-0.39, 0.29) is 10.6 Å². The number of carbonyl (C=O) groups excluding carboxylic acids is 1. The molecule has 0 saturated carbocycles. The van der Waals surface area contributed by atoms with Gasteiger partial charge < -0.3 is 5.11 Å². The number of fused-ring (bicyclic) bond motifs is 1. The van der Waals surface area contributed by atoms with Crippen molar-refractivity contribution in [1.29, 1.82) is 0 Å². The zero-order chi connectivity index (χ0) is 18.9. The second-order valence-corrected chi connectivity index (χ2v) is 8.27. The van der Waals surface area contributed by atoms with Crippen LogP contribution in [0.2, 0.25) is 0 Å². The quantitative estimate of drug-likeness (QED) is 0.797. The molecular formula is C18H19N3O4S. The maximum absolute atomic E-state index is 12.3. The first-order valence-electron chi connectivity index (χ1n) is 8.01.